The molecule has 2 aromatic heterocycles. The molecule has 1 fully saturated rings. The van der Waals surface area contributed by atoms with Crippen molar-refractivity contribution in [2.45, 2.75) is 12.8 Å². The molecule has 1 aliphatic carbocycles. The van der Waals surface area contributed by atoms with E-state index in [2.05, 4.69) is 20.6 Å². The van der Waals surface area contributed by atoms with E-state index in [4.69, 9.17) is 0 Å². The summed E-state index contributed by atoms with van der Waals surface area (Å²) < 4.78 is 13.7. The summed E-state index contributed by atoms with van der Waals surface area (Å²) in [6.07, 6.45) is 1.90. The third-order valence-corrected chi connectivity index (χ3v) is 4.45. The SMILES string of the molecule is O=C(Nc1nc2ccc(Nc3ccccc3F)nc2s1)C1CC1. The number of nitrogens with zero attached hydrogens (tertiary/aromatic N) is 2. The van der Waals surface area contributed by atoms with Crippen LogP contribution in [0.1, 0.15) is 12.8 Å². The van der Waals surface area contributed by atoms with Crippen LogP contribution in [-0.2, 0) is 4.79 Å². The highest BCUT2D eigenvalue weighted by molar-refractivity contribution is 7.22. The summed E-state index contributed by atoms with van der Waals surface area (Å²) >= 11 is 1.31. The molecule has 0 radical (unpaired) electrons. The lowest BCUT2D eigenvalue weighted by Crippen LogP contribution is -2.12. The molecule has 5 nitrogen and oxygen atoms in total. The molecular weight excluding hydrogens is 315 g/mol. The first-order chi connectivity index (χ1) is 11.2. The van der Waals surface area contributed by atoms with Crippen molar-refractivity contribution in [1.82, 2.24) is 9.97 Å². The van der Waals surface area contributed by atoms with Gasteiger partial charge in [-0.2, -0.15) is 0 Å². The Morgan fingerprint density at radius 3 is 2.78 bits per heavy atom. The van der Waals surface area contributed by atoms with Crippen molar-refractivity contribution in [1.29, 1.82) is 0 Å². The number of rotatable bonds is 4. The van der Waals surface area contributed by atoms with Crippen molar-refractivity contribution >= 4 is 44.2 Å². The number of anilines is 3. The monoisotopic (exact) mass is 328 g/mol. The van der Waals surface area contributed by atoms with E-state index in [0.717, 1.165) is 12.8 Å². The molecule has 116 valence electrons. The number of hydrogen-bond acceptors (Lipinski definition) is 5. The van der Waals surface area contributed by atoms with Gasteiger partial charge in [0.05, 0.1) is 5.69 Å². The standard InChI is InChI=1S/C16H13FN4OS/c17-10-3-1-2-4-11(10)18-13-8-7-12-15(20-13)23-16(19-12)21-14(22)9-5-6-9/h1-4,7-9H,5-6H2,(H,18,20)(H,19,21,22). The zero-order valence-electron chi connectivity index (χ0n) is 12.0. The molecule has 23 heavy (non-hydrogen) atoms. The van der Waals surface area contributed by atoms with E-state index in [-0.39, 0.29) is 17.6 Å². The van der Waals surface area contributed by atoms with Crippen molar-refractivity contribution in [3.05, 3.63) is 42.2 Å². The van der Waals surface area contributed by atoms with Gasteiger partial charge in [-0.15, -0.1) is 0 Å². The third kappa shape index (κ3) is 3.00. The first-order valence-corrected chi connectivity index (χ1v) is 8.11. The first-order valence-electron chi connectivity index (χ1n) is 7.29. The number of benzene rings is 1. The number of carbonyl (C=O) groups excluding carboxylic acids is 1. The fraction of sp³-hybridized carbons (Fsp3) is 0.188. The Morgan fingerprint density at radius 1 is 1.17 bits per heavy atom. The number of amides is 1. The second-order valence-electron chi connectivity index (χ2n) is 5.41. The van der Waals surface area contributed by atoms with E-state index in [9.17, 15) is 9.18 Å². The minimum Gasteiger partial charge on any atom is -0.338 e. The number of hydrogen-bond donors (Lipinski definition) is 2. The van der Waals surface area contributed by atoms with Crippen LogP contribution >= 0.6 is 11.3 Å². The molecule has 0 atom stereocenters. The molecule has 0 aliphatic heterocycles. The zero-order valence-corrected chi connectivity index (χ0v) is 12.9. The van der Waals surface area contributed by atoms with Crippen LogP contribution in [-0.4, -0.2) is 15.9 Å². The number of halogens is 1. The number of aromatic nitrogens is 2. The molecule has 2 heterocycles. The van der Waals surface area contributed by atoms with Gasteiger partial charge in [0.25, 0.3) is 0 Å². The van der Waals surface area contributed by atoms with Crippen molar-refractivity contribution in [2.75, 3.05) is 10.6 Å². The van der Waals surface area contributed by atoms with Crippen molar-refractivity contribution in [3.8, 4) is 0 Å². The van der Waals surface area contributed by atoms with Gasteiger partial charge in [0.15, 0.2) is 5.13 Å². The molecule has 1 aliphatic rings. The summed E-state index contributed by atoms with van der Waals surface area (Å²) in [5.74, 6) is 0.351. The summed E-state index contributed by atoms with van der Waals surface area (Å²) in [4.78, 5) is 21.2. The Bertz CT molecular complexity index is 891. The van der Waals surface area contributed by atoms with Crippen LogP contribution in [0.15, 0.2) is 36.4 Å². The van der Waals surface area contributed by atoms with E-state index < -0.39 is 0 Å². The number of thiazole rings is 1. The molecule has 1 saturated carbocycles. The molecule has 0 unspecified atom stereocenters. The topological polar surface area (TPSA) is 66.9 Å². The van der Waals surface area contributed by atoms with E-state index in [1.165, 1.54) is 17.4 Å². The average Bonchev–Trinajstić information content (AvgIpc) is 3.31. The Hall–Kier alpha value is -2.54. The molecule has 0 saturated heterocycles. The largest absolute Gasteiger partial charge is 0.338 e. The minimum absolute atomic E-state index is 0.0220. The van der Waals surface area contributed by atoms with E-state index in [0.29, 0.717) is 27.0 Å². The predicted molar refractivity (Wildman–Crippen MR) is 88.5 cm³/mol. The molecular formula is C16H13FN4OS. The lowest BCUT2D eigenvalue weighted by atomic mass is 10.3. The Morgan fingerprint density at radius 2 is 2.00 bits per heavy atom. The van der Waals surface area contributed by atoms with E-state index >= 15 is 0 Å². The minimum atomic E-state index is -0.337. The molecule has 7 heteroatoms. The predicted octanol–water partition coefficient (Wildman–Crippen LogP) is 3.92. The van der Waals surface area contributed by atoms with Crippen LogP contribution in [0.4, 0.5) is 21.0 Å². The summed E-state index contributed by atoms with van der Waals surface area (Å²) in [6, 6.07) is 9.96. The molecule has 3 aromatic rings. The maximum atomic E-state index is 13.7. The van der Waals surface area contributed by atoms with Gasteiger partial charge in [-0.1, -0.05) is 23.5 Å². The summed E-state index contributed by atoms with van der Waals surface area (Å²) in [5, 5.41) is 6.32. The van der Waals surface area contributed by atoms with Gasteiger partial charge in [0, 0.05) is 5.92 Å². The lowest BCUT2D eigenvalue weighted by Gasteiger charge is -2.05. The summed E-state index contributed by atoms with van der Waals surface area (Å²) in [5.41, 5.74) is 1.08. The van der Waals surface area contributed by atoms with Gasteiger partial charge < -0.3 is 10.6 Å². The van der Waals surface area contributed by atoms with Crippen molar-refractivity contribution < 1.29 is 9.18 Å². The Labute approximate surface area is 135 Å². The van der Waals surface area contributed by atoms with Crippen molar-refractivity contribution in [2.24, 2.45) is 5.92 Å². The van der Waals surface area contributed by atoms with E-state index in [1.54, 1.807) is 30.3 Å². The highest BCUT2D eigenvalue weighted by atomic mass is 32.1. The highest BCUT2D eigenvalue weighted by Crippen LogP contribution is 2.32. The number of nitrogens with one attached hydrogen (secondary N) is 2. The van der Waals surface area contributed by atoms with Crippen LogP contribution in [0.2, 0.25) is 0 Å². The molecule has 0 spiro atoms. The van der Waals surface area contributed by atoms with Crippen LogP contribution in [0, 0.1) is 11.7 Å². The molecule has 1 aromatic carbocycles. The zero-order chi connectivity index (χ0) is 15.8. The van der Waals surface area contributed by atoms with Crippen LogP contribution < -0.4 is 10.6 Å². The third-order valence-electron chi connectivity index (χ3n) is 3.57. The average molecular weight is 328 g/mol. The van der Waals surface area contributed by atoms with Crippen LogP contribution in [0.25, 0.3) is 10.3 Å². The number of pyridine rings is 1. The summed E-state index contributed by atoms with van der Waals surface area (Å²) in [6.45, 7) is 0. The fourth-order valence-electron chi connectivity index (χ4n) is 2.19. The summed E-state index contributed by atoms with van der Waals surface area (Å²) in [7, 11) is 0. The van der Waals surface area contributed by atoms with Crippen molar-refractivity contribution in [3.63, 3.8) is 0 Å². The quantitative estimate of drug-likeness (QED) is 0.762. The highest BCUT2D eigenvalue weighted by Gasteiger charge is 2.30. The smallest absolute Gasteiger partial charge is 0.229 e. The van der Waals surface area contributed by atoms with Crippen LogP contribution in [0.3, 0.4) is 0 Å². The van der Waals surface area contributed by atoms with Gasteiger partial charge in [-0.25, -0.2) is 14.4 Å². The maximum Gasteiger partial charge on any atom is 0.229 e. The maximum absolute atomic E-state index is 13.7. The molecule has 2 N–H and O–H groups in total. The van der Waals surface area contributed by atoms with Gasteiger partial charge in [0.2, 0.25) is 5.91 Å². The van der Waals surface area contributed by atoms with E-state index in [1.807, 2.05) is 0 Å². The molecule has 1 amide bonds. The lowest BCUT2D eigenvalue weighted by molar-refractivity contribution is -0.117. The number of fused-ring (bicyclic) bond motifs is 1. The Kier molecular flexibility index (Phi) is 3.42. The second-order valence-corrected chi connectivity index (χ2v) is 6.39. The molecule has 4 rings (SSSR count). The Balaban J connectivity index is 1.57. The second kappa shape index (κ2) is 5.58. The number of para-hydroxylation sites is 1. The molecule has 0 bridgehead atoms. The van der Waals surface area contributed by atoms with Gasteiger partial charge in [-0.05, 0) is 37.1 Å². The van der Waals surface area contributed by atoms with Gasteiger partial charge >= 0.3 is 0 Å². The first kappa shape index (κ1) is 14.1. The fourth-order valence-corrected chi connectivity index (χ4v) is 3.03. The van der Waals surface area contributed by atoms with Gasteiger partial charge in [0.1, 0.15) is 22.0 Å². The van der Waals surface area contributed by atoms with Crippen LogP contribution in [0.5, 0.6) is 0 Å². The number of carbonyl (C=O) groups is 1. The normalized spacial score (nSPS) is 14.0. The van der Waals surface area contributed by atoms with Gasteiger partial charge in [-0.3, -0.25) is 4.79 Å².